The maximum Gasteiger partial charge on any atom is 0.242 e. The summed E-state index contributed by atoms with van der Waals surface area (Å²) >= 11 is 0. The van der Waals surface area contributed by atoms with Gasteiger partial charge in [0.15, 0.2) is 0 Å². The van der Waals surface area contributed by atoms with Gasteiger partial charge in [0, 0.05) is 64.6 Å². The van der Waals surface area contributed by atoms with Crippen LogP contribution in [0.5, 0.6) is 0 Å². The van der Waals surface area contributed by atoms with Crippen molar-refractivity contribution in [3.8, 4) is 0 Å². The van der Waals surface area contributed by atoms with E-state index in [2.05, 4.69) is 25.9 Å². The third kappa shape index (κ3) is 4.26. The first-order valence-corrected chi connectivity index (χ1v) is 8.08. The van der Waals surface area contributed by atoms with Crippen LogP contribution in [0.4, 0.5) is 5.82 Å². The number of rotatable bonds is 5. The summed E-state index contributed by atoms with van der Waals surface area (Å²) in [6.07, 6.45) is 8.61. The molecule has 0 radical (unpaired) electrons. The van der Waals surface area contributed by atoms with Gasteiger partial charge in [0.1, 0.15) is 5.82 Å². The molecule has 3 heterocycles. The highest BCUT2D eigenvalue weighted by molar-refractivity contribution is 5.81. The second-order valence-electron chi connectivity index (χ2n) is 5.94. The van der Waals surface area contributed by atoms with Gasteiger partial charge in [0.05, 0.1) is 12.7 Å². The number of carbonyl (C=O) groups excluding carboxylic acids is 1. The van der Waals surface area contributed by atoms with Crippen LogP contribution in [0.2, 0.25) is 0 Å². The summed E-state index contributed by atoms with van der Waals surface area (Å²) in [4.78, 5) is 31.0. The van der Waals surface area contributed by atoms with Crippen molar-refractivity contribution in [2.24, 2.45) is 0 Å². The molecule has 0 unspecified atom stereocenters. The first-order chi connectivity index (χ1) is 11.7. The van der Waals surface area contributed by atoms with Crippen LogP contribution in [0, 0.1) is 0 Å². The molecule has 0 N–H and O–H groups in total. The highest BCUT2D eigenvalue weighted by Crippen LogP contribution is 2.09. The van der Waals surface area contributed by atoms with Crippen LogP contribution in [0.3, 0.4) is 0 Å². The quantitative estimate of drug-likeness (QED) is 0.804. The number of amides is 1. The molecule has 2 aromatic rings. The summed E-state index contributed by atoms with van der Waals surface area (Å²) in [5, 5.41) is 0. The number of hydrogen-bond donors (Lipinski definition) is 0. The van der Waals surface area contributed by atoms with Gasteiger partial charge in [-0.3, -0.25) is 19.7 Å². The number of piperazine rings is 1. The fraction of sp³-hybridized carbons (Fsp3) is 0.412. The molecule has 3 rings (SSSR count). The van der Waals surface area contributed by atoms with E-state index in [1.54, 1.807) is 24.8 Å². The van der Waals surface area contributed by atoms with Gasteiger partial charge in [0.25, 0.3) is 0 Å². The molecular formula is C17H22N6O. The van der Waals surface area contributed by atoms with Crippen molar-refractivity contribution in [1.29, 1.82) is 0 Å². The molecule has 1 amide bonds. The molecule has 1 saturated heterocycles. The SMILES string of the molecule is CN(CC(=O)N1CCN(Cc2cccnc2)CC1)c1cnccn1. The molecule has 0 saturated carbocycles. The molecule has 1 fully saturated rings. The molecule has 0 atom stereocenters. The topological polar surface area (TPSA) is 65.5 Å². The monoisotopic (exact) mass is 326 g/mol. The zero-order chi connectivity index (χ0) is 16.8. The van der Waals surface area contributed by atoms with E-state index in [1.807, 2.05) is 29.1 Å². The Morgan fingerprint density at radius 2 is 1.92 bits per heavy atom. The van der Waals surface area contributed by atoms with Crippen LogP contribution in [-0.4, -0.2) is 70.4 Å². The van der Waals surface area contributed by atoms with Crippen LogP contribution in [0.25, 0.3) is 0 Å². The van der Waals surface area contributed by atoms with Crippen LogP contribution in [0.15, 0.2) is 43.1 Å². The van der Waals surface area contributed by atoms with Crippen molar-refractivity contribution in [3.63, 3.8) is 0 Å². The normalized spacial score (nSPS) is 15.3. The predicted molar refractivity (Wildman–Crippen MR) is 91.4 cm³/mol. The van der Waals surface area contributed by atoms with Crippen LogP contribution >= 0.6 is 0 Å². The summed E-state index contributed by atoms with van der Waals surface area (Å²) in [5.74, 6) is 0.838. The first-order valence-electron chi connectivity index (χ1n) is 8.08. The Morgan fingerprint density at radius 1 is 1.12 bits per heavy atom. The minimum Gasteiger partial charge on any atom is -0.349 e. The highest BCUT2D eigenvalue weighted by Gasteiger charge is 2.22. The standard InChI is InChI=1S/C17H22N6O/c1-21(16-12-19-5-6-20-16)14-17(24)23-9-7-22(8-10-23)13-15-3-2-4-18-11-15/h2-6,11-12H,7-10,13-14H2,1H3. The van der Waals surface area contributed by atoms with Crippen LogP contribution < -0.4 is 4.90 Å². The minimum absolute atomic E-state index is 0.129. The number of pyridine rings is 1. The molecule has 2 aromatic heterocycles. The molecule has 7 heteroatoms. The highest BCUT2D eigenvalue weighted by atomic mass is 16.2. The summed E-state index contributed by atoms with van der Waals surface area (Å²) in [6.45, 7) is 4.49. The van der Waals surface area contributed by atoms with Crippen LogP contribution in [0.1, 0.15) is 5.56 Å². The largest absolute Gasteiger partial charge is 0.349 e. The Labute approximate surface area is 142 Å². The van der Waals surface area contributed by atoms with E-state index in [0.29, 0.717) is 12.4 Å². The summed E-state index contributed by atoms with van der Waals surface area (Å²) in [6, 6.07) is 4.04. The van der Waals surface area contributed by atoms with Crippen molar-refractivity contribution in [2.75, 3.05) is 44.7 Å². The van der Waals surface area contributed by atoms with E-state index in [-0.39, 0.29) is 5.91 Å². The molecule has 1 aliphatic heterocycles. The third-order valence-corrected chi connectivity index (χ3v) is 4.17. The molecule has 0 bridgehead atoms. The summed E-state index contributed by atoms with van der Waals surface area (Å²) < 4.78 is 0. The first kappa shape index (κ1) is 16.3. The third-order valence-electron chi connectivity index (χ3n) is 4.17. The second kappa shape index (κ2) is 7.83. The van der Waals surface area contributed by atoms with Gasteiger partial charge in [-0.25, -0.2) is 4.98 Å². The average Bonchev–Trinajstić information content (AvgIpc) is 2.64. The molecule has 1 aliphatic rings. The van der Waals surface area contributed by atoms with Gasteiger partial charge >= 0.3 is 0 Å². The van der Waals surface area contributed by atoms with Crippen molar-refractivity contribution in [3.05, 3.63) is 48.7 Å². The smallest absolute Gasteiger partial charge is 0.242 e. The molecule has 0 spiro atoms. The molecule has 24 heavy (non-hydrogen) atoms. The summed E-state index contributed by atoms with van der Waals surface area (Å²) in [7, 11) is 1.86. The van der Waals surface area contributed by atoms with E-state index >= 15 is 0 Å². The Kier molecular flexibility index (Phi) is 5.32. The van der Waals surface area contributed by atoms with Crippen molar-refractivity contribution in [2.45, 2.75) is 6.54 Å². The molecule has 7 nitrogen and oxygen atoms in total. The minimum atomic E-state index is 0.129. The van der Waals surface area contributed by atoms with Gasteiger partial charge in [-0.15, -0.1) is 0 Å². The van der Waals surface area contributed by atoms with Crippen molar-refractivity contribution in [1.82, 2.24) is 24.8 Å². The molecular weight excluding hydrogens is 304 g/mol. The van der Waals surface area contributed by atoms with Crippen molar-refractivity contribution >= 4 is 11.7 Å². The zero-order valence-corrected chi connectivity index (χ0v) is 13.9. The van der Waals surface area contributed by atoms with Gasteiger partial charge in [-0.2, -0.15) is 0 Å². The maximum absolute atomic E-state index is 12.5. The number of anilines is 1. The van der Waals surface area contributed by atoms with E-state index in [4.69, 9.17) is 0 Å². The Hall–Kier alpha value is -2.54. The van der Waals surface area contributed by atoms with E-state index in [9.17, 15) is 4.79 Å². The summed E-state index contributed by atoms with van der Waals surface area (Å²) in [5.41, 5.74) is 1.21. The second-order valence-corrected chi connectivity index (χ2v) is 5.94. The zero-order valence-electron chi connectivity index (χ0n) is 13.9. The number of carbonyl (C=O) groups is 1. The number of likely N-dealkylation sites (N-methyl/N-ethyl adjacent to an activating group) is 1. The van der Waals surface area contributed by atoms with Gasteiger partial charge in [0.2, 0.25) is 5.91 Å². The van der Waals surface area contributed by atoms with E-state index in [0.717, 1.165) is 32.7 Å². The Morgan fingerprint density at radius 3 is 2.58 bits per heavy atom. The van der Waals surface area contributed by atoms with E-state index in [1.165, 1.54) is 5.56 Å². The average molecular weight is 326 g/mol. The fourth-order valence-electron chi connectivity index (χ4n) is 2.78. The Balaban J connectivity index is 1.47. The van der Waals surface area contributed by atoms with Crippen molar-refractivity contribution < 1.29 is 4.79 Å². The lowest BCUT2D eigenvalue weighted by Crippen LogP contribution is -2.50. The van der Waals surface area contributed by atoms with Gasteiger partial charge in [-0.05, 0) is 11.6 Å². The van der Waals surface area contributed by atoms with Crippen LogP contribution in [-0.2, 0) is 11.3 Å². The lowest BCUT2D eigenvalue weighted by molar-refractivity contribution is -0.131. The lowest BCUT2D eigenvalue weighted by Gasteiger charge is -2.35. The predicted octanol–water partition coefficient (Wildman–Crippen LogP) is 0.652. The van der Waals surface area contributed by atoms with Gasteiger partial charge in [-0.1, -0.05) is 6.07 Å². The maximum atomic E-state index is 12.5. The lowest BCUT2D eigenvalue weighted by atomic mass is 10.2. The number of hydrogen-bond acceptors (Lipinski definition) is 6. The Bertz CT molecular complexity index is 643. The molecule has 0 aromatic carbocycles. The van der Waals surface area contributed by atoms with Gasteiger partial charge < -0.3 is 9.80 Å². The molecule has 0 aliphatic carbocycles. The number of aromatic nitrogens is 3. The number of nitrogens with zero attached hydrogens (tertiary/aromatic N) is 6. The van der Waals surface area contributed by atoms with E-state index < -0.39 is 0 Å². The molecule has 126 valence electrons. The fourth-order valence-corrected chi connectivity index (χ4v) is 2.78.